The van der Waals surface area contributed by atoms with Crippen molar-refractivity contribution in [2.75, 3.05) is 31.5 Å². The minimum absolute atomic E-state index is 0.119. The number of hydrogen-bond acceptors (Lipinski definition) is 4. The summed E-state index contributed by atoms with van der Waals surface area (Å²) in [5.41, 5.74) is 4.56. The van der Waals surface area contributed by atoms with Crippen LogP contribution in [0.3, 0.4) is 0 Å². The monoisotopic (exact) mass is 464 g/mol. The fraction of sp³-hybridized carbons (Fsp3) is 0.267. The molecule has 1 amide bonds. The fourth-order valence-electron chi connectivity index (χ4n) is 4.48. The van der Waals surface area contributed by atoms with E-state index in [2.05, 4.69) is 83.6 Å². The molecule has 3 aromatic rings. The Hall–Kier alpha value is -3.88. The first-order valence-electron chi connectivity index (χ1n) is 12.2. The summed E-state index contributed by atoms with van der Waals surface area (Å²) in [6.45, 7) is 7.43. The Morgan fingerprint density at radius 3 is 1.86 bits per heavy atom. The van der Waals surface area contributed by atoms with Crippen molar-refractivity contribution in [1.29, 1.82) is 5.26 Å². The van der Waals surface area contributed by atoms with E-state index in [1.807, 2.05) is 36.4 Å². The van der Waals surface area contributed by atoms with Crippen LogP contribution in [0.15, 0.2) is 96.7 Å². The van der Waals surface area contributed by atoms with Crippen LogP contribution in [0, 0.1) is 11.3 Å². The number of nitrogens with one attached hydrogen (secondary N) is 1. The van der Waals surface area contributed by atoms with Crippen molar-refractivity contribution < 1.29 is 4.79 Å². The Kier molecular flexibility index (Phi) is 7.97. The molecule has 0 spiro atoms. The summed E-state index contributed by atoms with van der Waals surface area (Å²) in [5, 5.41) is 12.5. The van der Waals surface area contributed by atoms with E-state index < -0.39 is 0 Å². The van der Waals surface area contributed by atoms with Crippen molar-refractivity contribution in [3.63, 3.8) is 0 Å². The van der Waals surface area contributed by atoms with E-state index in [9.17, 15) is 10.1 Å². The number of carbonyl (C=O) groups excluding carboxylic acids is 1. The van der Waals surface area contributed by atoms with Crippen molar-refractivity contribution in [2.24, 2.45) is 0 Å². The summed E-state index contributed by atoms with van der Waals surface area (Å²) in [5.74, 6) is 0.0510. The standard InChI is InChI=1S/C30H32N4O/c1-23(2)24-13-15-28(16-14-24)32-30(35)27(21-31)22-33-17-19-34(20-18-33)29(25-9-5-3-6-10-25)26-11-7-4-8-12-26/h3-16,22-23,29H,17-20H2,1-2H3,(H,32,35)/b27-22-. The highest BCUT2D eigenvalue weighted by atomic mass is 16.1. The molecule has 3 aromatic carbocycles. The lowest BCUT2D eigenvalue weighted by atomic mass is 9.96. The molecule has 35 heavy (non-hydrogen) atoms. The number of benzene rings is 3. The molecule has 0 atom stereocenters. The molecule has 4 rings (SSSR count). The SMILES string of the molecule is CC(C)c1ccc(NC(=O)/C(C#N)=C\N2CCN(C(c3ccccc3)c3ccccc3)CC2)cc1. The topological polar surface area (TPSA) is 59.4 Å². The zero-order valence-electron chi connectivity index (χ0n) is 20.4. The van der Waals surface area contributed by atoms with Gasteiger partial charge in [0.2, 0.25) is 0 Å². The molecule has 1 aliphatic heterocycles. The average Bonchev–Trinajstić information content (AvgIpc) is 2.90. The lowest BCUT2D eigenvalue weighted by molar-refractivity contribution is -0.112. The van der Waals surface area contributed by atoms with Crippen molar-refractivity contribution in [3.8, 4) is 6.07 Å². The average molecular weight is 465 g/mol. The molecule has 1 aliphatic rings. The number of piperazine rings is 1. The first kappa shape index (κ1) is 24.3. The van der Waals surface area contributed by atoms with E-state index in [0.717, 1.165) is 26.2 Å². The minimum atomic E-state index is -0.376. The van der Waals surface area contributed by atoms with E-state index in [4.69, 9.17) is 0 Å². The Morgan fingerprint density at radius 1 is 0.829 bits per heavy atom. The maximum absolute atomic E-state index is 12.7. The summed E-state index contributed by atoms with van der Waals surface area (Å²) in [6, 6.07) is 31.2. The van der Waals surface area contributed by atoms with Crippen LogP contribution < -0.4 is 5.32 Å². The third-order valence-corrected chi connectivity index (χ3v) is 6.46. The highest BCUT2D eigenvalue weighted by Crippen LogP contribution is 2.29. The predicted molar refractivity (Wildman–Crippen MR) is 141 cm³/mol. The van der Waals surface area contributed by atoms with Gasteiger partial charge in [-0.1, -0.05) is 86.6 Å². The Labute approximate surface area is 208 Å². The molecule has 178 valence electrons. The maximum atomic E-state index is 12.7. The molecule has 0 saturated carbocycles. The molecule has 0 unspecified atom stereocenters. The zero-order valence-corrected chi connectivity index (χ0v) is 20.4. The Balaban J connectivity index is 1.42. The van der Waals surface area contributed by atoms with Crippen LogP contribution >= 0.6 is 0 Å². The molecule has 5 nitrogen and oxygen atoms in total. The largest absolute Gasteiger partial charge is 0.374 e. The number of rotatable bonds is 7. The highest BCUT2D eigenvalue weighted by Gasteiger charge is 2.26. The van der Waals surface area contributed by atoms with Crippen LogP contribution in [0.5, 0.6) is 0 Å². The molecule has 0 aromatic heterocycles. The molecule has 1 saturated heterocycles. The first-order valence-corrected chi connectivity index (χ1v) is 12.2. The van der Waals surface area contributed by atoms with Gasteiger partial charge >= 0.3 is 0 Å². The predicted octanol–water partition coefficient (Wildman–Crippen LogP) is 5.56. The fourth-order valence-corrected chi connectivity index (χ4v) is 4.48. The van der Waals surface area contributed by atoms with Gasteiger partial charge in [-0.05, 0) is 34.7 Å². The van der Waals surface area contributed by atoms with Crippen LogP contribution in [0.1, 0.15) is 42.5 Å². The van der Waals surface area contributed by atoms with Gasteiger partial charge in [-0.25, -0.2) is 0 Å². The molecular formula is C30H32N4O. The second-order valence-electron chi connectivity index (χ2n) is 9.18. The van der Waals surface area contributed by atoms with Gasteiger partial charge in [0.25, 0.3) is 5.91 Å². The summed E-state index contributed by atoms with van der Waals surface area (Å²) < 4.78 is 0. The molecular weight excluding hydrogens is 432 g/mol. The van der Waals surface area contributed by atoms with E-state index in [1.165, 1.54) is 16.7 Å². The number of nitriles is 1. The molecule has 5 heteroatoms. The minimum Gasteiger partial charge on any atom is -0.374 e. The number of anilines is 1. The van der Waals surface area contributed by atoms with Gasteiger partial charge in [-0.3, -0.25) is 9.69 Å². The van der Waals surface area contributed by atoms with Gasteiger partial charge in [0.1, 0.15) is 11.6 Å². The van der Waals surface area contributed by atoms with Gasteiger partial charge in [0, 0.05) is 38.1 Å². The summed E-state index contributed by atoms with van der Waals surface area (Å²) in [6.07, 6.45) is 1.70. The number of nitrogens with zero attached hydrogens (tertiary/aromatic N) is 3. The Morgan fingerprint density at radius 2 is 1.37 bits per heavy atom. The molecule has 1 fully saturated rings. The maximum Gasteiger partial charge on any atom is 0.267 e. The summed E-state index contributed by atoms with van der Waals surface area (Å²) >= 11 is 0. The third-order valence-electron chi connectivity index (χ3n) is 6.46. The van der Waals surface area contributed by atoms with Gasteiger partial charge in [-0.2, -0.15) is 5.26 Å². The smallest absolute Gasteiger partial charge is 0.267 e. The highest BCUT2D eigenvalue weighted by molar-refractivity contribution is 6.06. The van der Waals surface area contributed by atoms with E-state index in [1.54, 1.807) is 6.20 Å². The normalized spacial score (nSPS) is 14.7. The molecule has 0 radical (unpaired) electrons. The second-order valence-corrected chi connectivity index (χ2v) is 9.18. The van der Waals surface area contributed by atoms with Crippen LogP contribution in [0.25, 0.3) is 0 Å². The van der Waals surface area contributed by atoms with Crippen molar-refractivity contribution in [2.45, 2.75) is 25.8 Å². The van der Waals surface area contributed by atoms with Gasteiger partial charge in [0.05, 0.1) is 6.04 Å². The van der Waals surface area contributed by atoms with Crippen LogP contribution in [0.2, 0.25) is 0 Å². The van der Waals surface area contributed by atoms with Gasteiger partial charge in [-0.15, -0.1) is 0 Å². The summed E-state index contributed by atoms with van der Waals surface area (Å²) in [4.78, 5) is 17.3. The van der Waals surface area contributed by atoms with Crippen LogP contribution in [0.4, 0.5) is 5.69 Å². The van der Waals surface area contributed by atoms with Gasteiger partial charge in [0.15, 0.2) is 0 Å². The van der Waals surface area contributed by atoms with E-state index in [-0.39, 0.29) is 17.5 Å². The summed E-state index contributed by atoms with van der Waals surface area (Å²) in [7, 11) is 0. The van der Waals surface area contributed by atoms with Gasteiger partial charge < -0.3 is 10.2 Å². The number of hydrogen-bond donors (Lipinski definition) is 1. The van der Waals surface area contributed by atoms with Crippen LogP contribution in [-0.2, 0) is 4.79 Å². The molecule has 0 aliphatic carbocycles. The lowest BCUT2D eigenvalue weighted by Gasteiger charge is -2.39. The lowest BCUT2D eigenvalue weighted by Crippen LogP contribution is -2.46. The number of amides is 1. The second kappa shape index (κ2) is 11.5. The van der Waals surface area contributed by atoms with Crippen molar-refractivity contribution in [1.82, 2.24) is 9.80 Å². The molecule has 1 N–H and O–H groups in total. The number of carbonyl (C=O) groups is 1. The van der Waals surface area contributed by atoms with Crippen molar-refractivity contribution in [3.05, 3.63) is 113 Å². The van der Waals surface area contributed by atoms with E-state index in [0.29, 0.717) is 11.6 Å². The third kappa shape index (κ3) is 6.17. The van der Waals surface area contributed by atoms with E-state index >= 15 is 0 Å². The Bertz CT molecular complexity index is 1130. The quantitative estimate of drug-likeness (QED) is 0.367. The first-order chi connectivity index (χ1) is 17.0. The van der Waals surface area contributed by atoms with Crippen LogP contribution in [-0.4, -0.2) is 41.9 Å². The molecule has 0 bridgehead atoms. The zero-order chi connectivity index (χ0) is 24.6. The van der Waals surface area contributed by atoms with Crippen molar-refractivity contribution >= 4 is 11.6 Å². The molecule has 1 heterocycles.